The van der Waals surface area contributed by atoms with Gasteiger partial charge in [-0.2, -0.15) is 0 Å². The summed E-state index contributed by atoms with van der Waals surface area (Å²) in [4.78, 5) is 12.8. The molecule has 0 saturated heterocycles. The Morgan fingerprint density at radius 2 is 1.41 bits per heavy atom. The summed E-state index contributed by atoms with van der Waals surface area (Å²) in [6.07, 6.45) is 49.8. The van der Waals surface area contributed by atoms with Crippen molar-refractivity contribution >= 4 is 5.97 Å². The third-order valence-corrected chi connectivity index (χ3v) is 14.0. The van der Waals surface area contributed by atoms with E-state index in [4.69, 9.17) is 4.74 Å². The van der Waals surface area contributed by atoms with Crippen LogP contribution in [-0.2, 0) is 9.53 Å². The molecule has 3 fully saturated rings. The van der Waals surface area contributed by atoms with E-state index in [-0.39, 0.29) is 12.1 Å². The maximum atomic E-state index is 12.8. The molecule has 286 valence electrons. The van der Waals surface area contributed by atoms with Gasteiger partial charge in [-0.05, 0) is 136 Å². The van der Waals surface area contributed by atoms with Gasteiger partial charge in [-0.3, -0.25) is 4.79 Å². The quantitative estimate of drug-likeness (QED) is 0.0677. The highest BCUT2D eigenvalue weighted by molar-refractivity contribution is 5.69. The number of ether oxygens (including phenoxy) is 1. The third-order valence-electron chi connectivity index (χ3n) is 14.0. The number of hydrogen-bond donors (Lipinski definition) is 0. The molecule has 4 aliphatic rings. The van der Waals surface area contributed by atoms with Crippen molar-refractivity contribution in [2.24, 2.45) is 46.3 Å². The van der Waals surface area contributed by atoms with E-state index >= 15 is 0 Å². The van der Waals surface area contributed by atoms with Crippen molar-refractivity contribution in [2.75, 3.05) is 0 Å². The summed E-state index contributed by atoms with van der Waals surface area (Å²) in [7, 11) is 0. The largest absolute Gasteiger partial charge is 0.462 e. The third kappa shape index (κ3) is 12.2. The Labute approximate surface area is 315 Å². The number of fused-ring (bicyclic) bond motifs is 5. The fraction of sp³-hybridized carbons (Fsp3) is 0.735. The molecular weight excluding hydrogens is 621 g/mol. The van der Waals surface area contributed by atoms with Gasteiger partial charge >= 0.3 is 5.97 Å². The first-order chi connectivity index (χ1) is 24.7. The summed E-state index contributed by atoms with van der Waals surface area (Å²) < 4.78 is 6.09. The molecule has 0 aliphatic heterocycles. The van der Waals surface area contributed by atoms with Crippen LogP contribution in [0.15, 0.2) is 72.4 Å². The molecule has 0 N–H and O–H groups in total. The molecule has 0 spiro atoms. The monoisotopic (exact) mass is 699 g/mol. The fourth-order valence-electron chi connectivity index (χ4n) is 11.0. The van der Waals surface area contributed by atoms with E-state index in [1.165, 1.54) is 83.5 Å². The van der Waals surface area contributed by atoms with Gasteiger partial charge < -0.3 is 4.74 Å². The topological polar surface area (TPSA) is 26.3 Å². The number of hydrogen-bond acceptors (Lipinski definition) is 2. The van der Waals surface area contributed by atoms with E-state index in [0.29, 0.717) is 17.3 Å². The summed E-state index contributed by atoms with van der Waals surface area (Å²) in [6.45, 7) is 14.9. The van der Waals surface area contributed by atoms with Gasteiger partial charge in [0.15, 0.2) is 0 Å². The zero-order chi connectivity index (χ0) is 36.5. The minimum Gasteiger partial charge on any atom is -0.462 e. The van der Waals surface area contributed by atoms with Gasteiger partial charge in [0.05, 0.1) is 0 Å². The summed E-state index contributed by atoms with van der Waals surface area (Å²) in [5.41, 5.74) is 2.46. The number of esters is 1. The molecule has 0 aromatic rings. The highest BCUT2D eigenvalue weighted by Crippen LogP contribution is 2.67. The van der Waals surface area contributed by atoms with Gasteiger partial charge in [-0.25, -0.2) is 0 Å². The van der Waals surface area contributed by atoms with Crippen LogP contribution in [0.4, 0.5) is 0 Å². The van der Waals surface area contributed by atoms with Crippen molar-refractivity contribution in [1.82, 2.24) is 0 Å². The molecule has 2 nitrogen and oxygen atoms in total. The molecule has 0 radical (unpaired) electrons. The predicted octanol–water partition coefficient (Wildman–Crippen LogP) is 14.6. The average Bonchev–Trinajstić information content (AvgIpc) is 3.46. The Morgan fingerprint density at radius 1 is 0.765 bits per heavy atom. The van der Waals surface area contributed by atoms with Crippen molar-refractivity contribution in [3.05, 3.63) is 72.4 Å². The van der Waals surface area contributed by atoms with Crippen LogP contribution in [0.2, 0.25) is 0 Å². The van der Waals surface area contributed by atoms with E-state index < -0.39 is 0 Å². The fourth-order valence-corrected chi connectivity index (χ4v) is 11.0. The van der Waals surface area contributed by atoms with E-state index in [1.54, 1.807) is 5.57 Å². The summed E-state index contributed by atoms with van der Waals surface area (Å²) in [6, 6.07) is 0. The first kappa shape index (κ1) is 41.7. The molecule has 0 bridgehead atoms. The Morgan fingerprint density at radius 3 is 2.06 bits per heavy atom. The second-order valence-electron chi connectivity index (χ2n) is 18.0. The second kappa shape index (κ2) is 21.6. The van der Waals surface area contributed by atoms with Crippen LogP contribution >= 0.6 is 0 Å². The van der Waals surface area contributed by atoms with Crippen LogP contribution in [-0.4, -0.2) is 12.1 Å². The maximum absolute atomic E-state index is 12.8. The molecule has 51 heavy (non-hydrogen) atoms. The normalized spacial score (nSPS) is 31.6. The number of allylic oxidation sites excluding steroid dienone is 11. The van der Waals surface area contributed by atoms with Crippen LogP contribution < -0.4 is 0 Å². The highest BCUT2D eigenvalue weighted by atomic mass is 16.5. The van der Waals surface area contributed by atoms with Crippen LogP contribution in [0.25, 0.3) is 0 Å². The molecule has 0 aromatic heterocycles. The summed E-state index contributed by atoms with van der Waals surface area (Å²) >= 11 is 0. The lowest BCUT2D eigenvalue weighted by Gasteiger charge is -2.58. The van der Waals surface area contributed by atoms with Crippen LogP contribution in [0.3, 0.4) is 0 Å². The van der Waals surface area contributed by atoms with E-state index in [0.717, 1.165) is 80.5 Å². The first-order valence-corrected chi connectivity index (χ1v) is 21.8. The molecule has 0 heterocycles. The Bertz CT molecular complexity index is 1210. The van der Waals surface area contributed by atoms with E-state index in [9.17, 15) is 4.79 Å². The molecule has 4 aliphatic carbocycles. The molecule has 3 saturated carbocycles. The lowest BCUT2D eigenvalue weighted by molar-refractivity contribution is -0.151. The van der Waals surface area contributed by atoms with E-state index in [1.807, 2.05) is 0 Å². The van der Waals surface area contributed by atoms with Gasteiger partial charge in [0.25, 0.3) is 0 Å². The van der Waals surface area contributed by atoms with Crippen molar-refractivity contribution < 1.29 is 9.53 Å². The Balaban J connectivity index is 1.11. The van der Waals surface area contributed by atoms with Crippen LogP contribution in [0.1, 0.15) is 176 Å². The molecule has 2 heteroatoms. The molecular formula is C49H78O2. The lowest BCUT2D eigenvalue weighted by Crippen LogP contribution is -2.51. The maximum Gasteiger partial charge on any atom is 0.306 e. The van der Waals surface area contributed by atoms with Crippen molar-refractivity contribution in [3.63, 3.8) is 0 Å². The zero-order valence-corrected chi connectivity index (χ0v) is 34.1. The zero-order valence-electron chi connectivity index (χ0n) is 34.1. The number of rotatable bonds is 21. The lowest BCUT2D eigenvalue weighted by atomic mass is 9.47. The van der Waals surface area contributed by atoms with Crippen molar-refractivity contribution in [1.29, 1.82) is 0 Å². The Hall–Kier alpha value is -2.09. The molecule has 0 aromatic carbocycles. The highest BCUT2D eigenvalue weighted by Gasteiger charge is 2.59. The van der Waals surface area contributed by atoms with Crippen molar-refractivity contribution in [3.8, 4) is 0 Å². The van der Waals surface area contributed by atoms with Gasteiger partial charge in [-0.1, -0.05) is 146 Å². The predicted molar refractivity (Wildman–Crippen MR) is 220 cm³/mol. The van der Waals surface area contributed by atoms with Gasteiger partial charge in [-0.15, -0.1) is 0 Å². The molecule has 4 rings (SSSR count). The van der Waals surface area contributed by atoms with Gasteiger partial charge in [0.1, 0.15) is 6.10 Å². The Kier molecular flexibility index (Phi) is 17.6. The SMILES string of the molecule is CCCCC/C=C\C/C=C\C/C=C\C/C=C\C/C=C\CCC(=O)O[C@H]1CC[C@@]2(C)C(=CC[C@H]3[C@@H]4CC[C@H]([C@H](C)CCCC(C)C)[C@@]4(C)CC[C@@H]32)C1. The minimum atomic E-state index is -0.0202. The van der Waals surface area contributed by atoms with Crippen molar-refractivity contribution in [2.45, 2.75) is 182 Å². The molecule has 8 atom stereocenters. The number of carbonyl (C=O) groups is 1. The second-order valence-corrected chi connectivity index (χ2v) is 18.0. The first-order valence-electron chi connectivity index (χ1n) is 21.8. The van der Waals surface area contributed by atoms with Gasteiger partial charge in [0.2, 0.25) is 0 Å². The summed E-state index contributed by atoms with van der Waals surface area (Å²) in [5.74, 6) is 5.16. The molecule has 0 unspecified atom stereocenters. The minimum absolute atomic E-state index is 0.0202. The average molecular weight is 699 g/mol. The standard InChI is InChI=1S/C49H78O2/c1-7-8-9-10-11-12-13-14-15-16-17-18-19-20-21-22-23-24-25-29-47(50)51-42-34-36-48(5)41(38-42)30-31-43-45-33-32-44(40(4)28-26-27-39(2)3)49(45,6)37-35-46(43)48/h11-12,14-15,17-18,20-21,23-24,30,39-40,42-46H,7-10,13,16,19,22,25-29,31-38H2,1-6H3/b12-11-,15-14-,18-17-,21-20-,24-23-/t40-,42+,43+,44-,45+,46+,48+,49-/m1/s1. The smallest absolute Gasteiger partial charge is 0.306 e. The molecule has 0 amide bonds. The van der Waals surface area contributed by atoms with Gasteiger partial charge in [0, 0.05) is 12.8 Å². The van der Waals surface area contributed by atoms with E-state index in [2.05, 4.69) is 108 Å². The van der Waals surface area contributed by atoms with Crippen LogP contribution in [0.5, 0.6) is 0 Å². The van der Waals surface area contributed by atoms with Crippen LogP contribution in [0, 0.1) is 46.3 Å². The summed E-state index contributed by atoms with van der Waals surface area (Å²) in [5, 5.41) is 0. The number of unbranched alkanes of at least 4 members (excludes halogenated alkanes) is 3. The number of carbonyl (C=O) groups excluding carboxylic acids is 1.